The number of rotatable bonds is 0. The smallest absolute Gasteiger partial charge is 0.0740 e. The molecule has 0 bridgehead atoms. The minimum atomic E-state index is -0.243. The van der Waals surface area contributed by atoms with E-state index in [-0.39, 0.29) is 5.41 Å². The van der Waals surface area contributed by atoms with E-state index >= 15 is 0 Å². The molecule has 0 saturated heterocycles. The first-order chi connectivity index (χ1) is 12.4. The van der Waals surface area contributed by atoms with Crippen molar-refractivity contribution in [3.63, 3.8) is 0 Å². The van der Waals surface area contributed by atoms with Crippen molar-refractivity contribution in [2.75, 3.05) is 0 Å². The lowest BCUT2D eigenvalue weighted by molar-refractivity contribution is 0.788. The molecule has 0 radical (unpaired) electrons. The minimum absolute atomic E-state index is 0.243. The van der Waals surface area contributed by atoms with Crippen LogP contribution in [0.15, 0.2) is 91.3 Å². The number of fused-ring (bicyclic) bond motifs is 10. The summed E-state index contributed by atoms with van der Waals surface area (Å²) in [5, 5.41) is 0. The molecule has 1 nitrogen and oxygen atoms in total. The van der Waals surface area contributed by atoms with Crippen LogP contribution in [-0.4, -0.2) is 4.98 Å². The van der Waals surface area contributed by atoms with Crippen molar-refractivity contribution in [1.82, 2.24) is 4.98 Å². The molecule has 2 aliphatic carbocycles. The van der Waals surface area contributed by atoms with Gasteiger partial charge in [0.15, 0.2) is 0 Å². The molecule has 6 rings (SSSR count). The Morgan fingerprint density at radius 3 is 1.44 bits per heavy atom. The summed E-state index contributed by atoms with van der Waals surface area (Å²) in [7, 11) is 0. The summed E-state index contributed by atoms with van der Waals surface area (Å²) in [5.74, 6) is 0. The van der Waals surface area contributed by atoms with Gasteiger partial charge in [0, 0.05) is 12.4 Å². The zero-order chi connectivity index (χ0) is 16.4. The van der Waals surface area contributed by atoms with E-state index in [0.717, 1.165) is 0 Å². The quantitative estimate of drug-likeness (QED) is 0.364. The molecule has 0 amide bonds. The lowest BCUT2D eigenvalue weighted by atomic mass is 9.71. The highest BCUT2D eigenvalue weighted by atomic mass is 14.7. The van der Waals surface area contributed by atoms with Gasteiger partial charge in [0.1, 0.15) is 0 Å². The Morgan fingerprint density at radius 2 is 0.920 bits per heavy atom. The average molecular weight is 317 g/mol. The molecular formula is C24H15N. The zero-order valence-electron chi connectivity index (χ0n) is 13.6. The molecule has 0 unspecified atom stereocenters. The van der Waals surface area contributed by atoms with Gasteiger partial charge >= 0.3 is 0 Å². The zero-order valence-corrected chi connectivity index (χ0v) is 13.6. The molecule has 2 aliphatic rings. The molecule has 4 aromatic rings. The Labute approximate surface area is 146 Å². The van der Waals surface area contributed by atoms with E-state index in [1.54, 1.807) is 0 Å². The van der Waals surface area contributed by atoms with E-state index in [9.17, 15) is 0 Å². The Morgan fingerprint density at radius 1 is 0.480 bits per heavy atom. The van der Waals surface area contributed by atoms with Gasteiger partial charge < -0.3 is 0 Å². The molecular weight excluding hydrogens is 302 g/mol. The van der Waals surface area contributed by atoms with Crippen LogP contribution in [0.4, 0.5) is 0 Å². The van der Waals surface area contributed by atoms with E-state index in [1.165, 1.54) is 44.5 Å². The molecule has 1 heteroatoms. The molecule has 1 aromatic heterocycles. The average Bonchev–Trinajstić information content (AvgIpc) is 3.16. The highest BCUT2D eigenvalue weighted by Crippen LogP contribution is 2.62. The van der Waals surface area contributed by atoms with Gasteiger partial charge in [-0.1, -0.05) is 72.8 Å². The van der Waals surface area contributed by atoms with Gasteiger partial charge in [-0.2, -0.15) is 0 Å². The topological polar surface area (TPSA) is 12.9 Å². The first-order valence-corrected chi connectivity index (χ1v) is 8.66. The monoisotopic (exact) mass is 317 g/mol. The molecule has 3 aromatic carbocycles. The summed E-state index contributed by atoms with van der Waals surface area (Å²) in [4.78, 5) is 4.50. The summed E-state index contributed by atoms with van der Waals surface area (Å²) in [6.45, 7) is 0. The summed E-state index contributed by atoms with van der Waals surface area (Å²) in [6.07, 6.45) is 3.97. The van der Waals surface area contributed by atoms with Crippen LogP contribution < -0.4 is 0 Å². The van der Waals surface area contributed by atoms with Gasteiger partial charge in [-0.05, 0) is 50.6 Å². The van der Waals surface area contributed by atoms with Crippen molar-refractivity contribution in [2.24, 2.45) is 0 Å². The van der Waals surface area contributed by atoms with E-state index in [2.05, 4.69) is 90.0 Å². The summed E-state index contributed by atoms with van der Waals surface area (Å²) >= 11 is 0. The van der Waals surface area contributed by atoms with Crippen molar-refractivity contribution in [3.05, 3.63) is 114 Å². The van der Waals surface area contributed by atoms with Gasteiger partial charge in [-0.3, -0.25) is 4.98 Å². The maximum absolute atomic E-state index is 4.50. The molecule has 0 atom stereocenters. The van der Waals surface area contributed by atoms with Crippen LogP contribution >= 0.6 is 0 Å². The first kappa shape index (κ1) is 13.1. The SMILES string of the molecule is c1ccc2c(c1)-c1ccccc1C21c2ccccc2-c2ccncc21. The van der Waals surface area contributed by atoms with Crippen LogP contribution in [0.5, 0.6) is 0 Å². The predicted molar refractivity (Wildman–Crippen MR) is 101 cm³/mol. The maximum Gasteiger partial charge on any atom is 0.0740 e. The summed E-state index contributed by atoms with van der Waals surface area (Å²) < 4.78 is 0. The molecule has 116 valence electrons. The van der Waals surface area contributed by atoms with Crippen LogP contribution in [0.25, 0.3) is 22.3 Å². The second kappa shape index (κ2) is 4.46. The predicted octanol–water partition coefficient (Wildman–Crippen LogP) is 5.43. The van der Waals surface area contributed by atoms with Gasteiger partial charge in [-0.25, -0.2) is 0 Å². The lowest BCUT2D eigenvalue weighted by Gasteiger charge is -2.29. The van der Waals surface area contributed by atoms with Crippen LogP contribution in [-0.2, 0) is 5.41 Å². The van der Waals surface area contributed by atoms with Gasteiger partial charge in [0.2, 0.25) is 0 Å². The third-order valence-corrected chi connectivity index (χ3v) is 5.80. The highest BCUT2D eigenvalue weighted by Gasteiger charge is 2.51. The number of hydrogen-bond acceptors (Lipinski definition) is 1. The molecule has 25 heavy (non-hydrogen) atoms. The maximum atomic E-state index is 4.50. The van der Waals surface area contributed by atoms with E-state index < -0.39 is 0 Å². The Balaban J connectivity index is 1.89. The van der Waals surface area contributed by atoms with E-state index in [1.807, 2.05) is 6.20 Å². The number of benzene rings is 3. The molecule has 0 fully saturated rings. The van der Waals surface area contributed by atoms with Crippen LogP contribution in [0.3, 0.4) is 0 Å². The standard InChI is InChI=1S/C24H15N/c1-4-10-20-16(7-1)17-8-2-5-11-21(17)24(20)22-12-6-3-9-18(22)19-13-14-25-15-23(19)24/h1-15H. The normalized spacial score (nSPS) is 14.7. The van der Waals surface area contributed by atoms with Crippen molar-refractivity contribution in [2.45, 2.75) is 5.41 Å². The highest BCUT2D eigenvalue weighted by molar-refractivity contribution is 5.94. The fourth-order valence-corrected chi connectivity index (χ4v) is 4.93. The number of hydrogen-bond donors (Lipinski definition) is 0. The second-order valence-corrected chi connectivity index (χ2v) is 6.81. The Hall–Kier alpha value is -3.19. The van der Waals surface area contributed by atoms with Crippen LogP contribution in [0.1, 0.15) is 22.3 Å². The molecule has 1 heterocycles. The molecule has 0 saturated carbocycles. The Bertz CT molecular complexity index is 968. The minimum Gasteiger partial charge on any atom is -0.264 e. The summed E-state index contributed by atoms with van der Waals surface area (Å²) in [5.41, 5.74) is 10.5. The van der Waals surface area contributed by atoms with E-state index in [0.29, 0.717) is 0 Å². The molecule has 0 N–H and O–H groups in total. The van der Waals surface area contributed by atoms with Crippen molar-refractivity contribution in [1.29, 1.82) is 0 Å². The third-order valence-electron chi connectivity index (χ3n) is 5.80. The first-order valence-electron chi connectivity index (χ1n) is 8.66. The van der Waals surface area contributed by atoms with Crippen molar-refractivity contribution in [3.8, 4) is 22.3 Å². The lowest BCUT2D eigenvalue weighted by Crippen LogP contribution is -2.25. The van der Waals surface area contributed by atoms with E-state index in [4.69, 9.17) is 0 Å². The fourth-order valence-electron chi connectivity index (χ4n) is 4.93. The third kappa shape index (κ3) is 1.39. The fraction of sp³-hybridized carbons (Fsp3) is 0.0417. The number of nitrogens with zero attached hydrogens (tertiary/aromatic N) is 1. The molecule has 0 aliphatic heterocycles. The van der Waals surface area contributed by atoms with Crippen LogP contribution in [0.2, 0.25) is 0 Å². The largest absolute Gasteiger partial charge is 0.264 e. The number of aromatic nitrogens is 1. The van der Waals surface area contributed by atoms with Crippen molar-refractivity contribution < 1.29 is 0 Å². The van der Waals surface area contributed by atoms with Gasteiger partial charge in [0.25, 0.3) is 0 Å². The summed E-state index contributed by atoms with van der Waals surface area (Å²) in [6, 6.07) is 28.6. The molecule has 1 spiro atoms. The second-order valence-electron chi connectivity index (χ2n) is 6.81. The Kier molecular flexibility index (Phi) is 2.34. The van der Waals surface area contributed by atoms with Gasteiger partial charge in [-0.15, -0.1) is 0 Å². The number of pyridine rings is 1. The van der Waals surface area contributed by atoms with Crippen LogP contribution in [0, 0.1) is 0 Å². The van der Waals surface area contributed by atoms with Gasteiger partial charge in [0.05, 0.1) is 5.41 Å². The van der Waals surface area contributed by atoms with Crippen molar-refractivity contribution >= 4 is 0 Å².